The fourth-order valence-corrected chi connectivity index (χ4v) is 2.29. The van der Waals surface area contributed by atoms with E-state index < -0.39 is 5.97 Å². The van der Waals surface area contributed by atoms with Crippen LogP contribution in [0.4, 0.5) is 5.82 Å². The first kappa shape index (κ1) is 14.3. The molecule has 7 heteroatoms. The van der Waals surface area contributed by atoms with E-state index in [9.17, 15) is 4.79 Å². The van der Waals surface area contributed by atoms with Crippen LogP contribution >= 0.6 is 11.6 Å². The van der Waals surface area contributed by atoms with Gasteiger partial charge in [0.1, 0.15) is 12.1 Å². The maximum Gasteiger partial charge on any atom is 0.325 e. The summed E-state index contributed by atoms with van der Waals surface area (Å²) in [4.78, 5) is 22.8. The normalized spacial score (nSPS) is 10.6. The summed E-state index contributed by atoms with van der Waals surface area (Å²) in [6.07, 6.45) is 0. The number of anilines is 1. The van der Waals surface area contributed by atoms with E-state index in [1.807, 2.05) is 36.4 Å². The largest absolute Gasteiger partial charge is 0.468 e. The Morgan fingerprint density at radius 3 is 2.82 bits per heavy atom. The number of benzene rings is 1. The zero-order valence-electron chi connectivity index (χ0n) is 11.8. The zero-order chi connectivity index (χ0) is 15.5. The highest BCUT2D eigenvalue weighted by Crippen LogP contribution is 2.27. The number of esters is 1. The number of aromatic nitrogens is 3. The van der Waals surface area contributed by atoms with Crippen molar-refractivity contribution in [2.75, 3.05) is 19.0 Å². The van der Waals surface area contributed by atoms with Crippen LogP contribution in [0.3, 0.4) is 0 Å². The molecule has 0 aliphatic rings. The summed E-state index contributed by atoms with van der Waals surface area (Å²) in [7, 11) is 1.33. The average molecular weight is 317 g/mol. The lowest BCUT2D eigenvalue weighted by Gasteiger charge is -2.05. The van der Waals surface area contributed by atoms with Crippen LogP contribution in [0.2, 0.25) is 5.28 Å². The Labute approximate surface area is 131 Å². The Balaban J connectivity index is 2.01. The van der Waals surface area contributed by atoms with Gasteiger partial charge in [-0.1, -0.05) is 30.3 Å². The van der Waals surface area contributed by atoms with Gasteiger partial charge in [0.15, 0.2) is 5.82 Å². The van der Waals surface area contributed by atoms with Crippen molar-refractivity contribution in [1.82, 2.24) is 15.0 Å². The fraction of sp³-hybridized carbons (Fsp3) is 0.133. The van der Waals surface area contributed by atoms with Gasteiger partial charge in [-0.25, -0.2) is 4.98 Å². The summed E-state index contributed by atoms with van der Waals surface area (Å²) >= 11 is 5.94. The maximum atomic E-state index is 11.3. The van der Waals surface area contributed by atoms with Crippen LogP contribution in [-0.4, -0.2) is 34.6 Å². The number of rotatable bonds is 4. The van der Waals surface area contributed by atoms with Crippen molar-refractivity contribution in [2.24, 2.45) is 0 Å². The van der Waals surface area contributed by atoms with E-state index >= 15 is 0 Å². The van der Waals surface area contributed by atoms with Crippen LogP contribution in [0.15, 0.2) is 36.4 Å². The van der Waals surface area contributed by atoms with Crippen molar-refractivity contribution in [3.63, 3.8) is 0 Å². The number of nitrogens with one attached hydrogen (secondary N) is 2. The SMILES string of the molecule is COC(=O)CNc1nc(Cl)nc2cc(-c3ccccc3)[nH]c12. The summed E-state index contributed by atoms with van der Waals surface area (Å²) in [6, 6.07) is 11.7. The standard InChI is InChI=1S/C15H13ClN4O2/c1-22-12(21)8-17-14-13-11(19-15(16)20-14)7-10(18-13)9-5-3-2-4-6-9/h2-7,18H,8H2,1H3,(H,17,19,20). The second kappa shape index (κ2) is 6.03. The van der Waals surface area contributed by atoms with Gasteiger partial charge in [-0.15, -0.1) is 0 Å². The molecule has 0 spiro atoms. The van der Waals surface area contributed by atoms with Gasteiger partial charge in [-0.2, -0.15) is 4.98 Å². The van der Waals surface area contributed by atoms with Gasteiger partial charge >= 0.3 is 5.97 Å². The first-order valence-corrected chi connectivity index (χ1v) is 6.97. The lowest BCUT2D eigenvalue weighted by molar-refractivity contribution is -0.138. The predicted molar refractivity (Wildman–Crippen MR) is 84.8 cm³/mol. The molecule has 0 saturated carbocycles. The fourth-order valence-electron chi connectivity index (χ4n) is 2.11. The molecular formula is C15H13ClN4O2. The Morgan fingerprint density at radius 2 is 2.09 bits per heavy atom. The Hall–Kier alpha value is -2.60. The van der Waals surface area contributed by atoms with Crippen LogP contribution in [-0.2, 0) is 9.53 Å². The topological polar surface area (TPSA) is 79.9 Å². The van der Waals surface area contributed by atoms with Gasteiger partial charge in [0.2, 0.25) is 5.28 Å². The number of aromatic amines is 1. The number of fused-ring (bicyclic) bond motifs is 1. The van der Waals surface area contributed by atoms with E-state index in [0.29, 0.717) is 16.9 Å². The van der Waals surface area contributed by atoms with Gasteiger partial charge in [-0.05, 0) is 23.2 Å². The molecule has 2 N–H and O–H groups in total. The number of halogens is 1. The van der Waals surface area contributed by atoms with Gasteiger partial charge in [0, 0.05) is 5.69 Å². The van der Waals surface area contributed by atoms with Crippen LogP contribution in [0.5, 0.6) is 0 Å². The van der Waals surface area contributed by atoms with Crippen molar-refractivity contribution in [2.45, 2.75) is 0 Å². The molecule has 0 aliphatic carbocycles. The number of ether oxygens (including phenoxy) is 1. The van der Waals surface area contributed by atoms with Gasteiger partial charge in [0.05, 0.1) is 12.6 Å². The highest BCUT2D eigenvalue weighted by atomic mass is 35.5. The monoisotopic (exact) mass is 316 g/mol. The van der Waals surface area contributed by atoms with E-state index in [2.05, 4.69) is 25.0 Å². The van der Waals surface area contributed by atoms with Crippen molar-refractivity contribution in [3.05, 3.63) is 41.7 Å². The quantitative estimate of drug-likeness (QED) is 0.571. The first-order chi connectivity index (χ1) is 10.7. The molecule has 3 rings (SSSR count). The van der Waals surface area contributed by atoms with Crippen molar-refractivity contribution < 1.29 is 9.53 Å². The number of methoxy groups -OCH3 is 1. The average Bonchev–Trinajstić information content (AvgIpc) is 2.97. The van der Waals surface area contributed by atoms with Crippen LogP contribution in [0, 0.1) is 0 Å². The minimum Gasteiger partial charge on any atom is -0.468 e. The molecular weight excluding hydrogens is 304 g/mol. The molecule has 6 nitrogen and oxygen atoms in total. The molecule has 0 aliphatic heterocycles. The van der Waals surface area contributed by atoms with E-state index in [1.165, 1.54) is 7.11 Å². The third-order valence-electron chi connectivity index (χ3n) is 3.16. The molecule has 0 amide bonds. The van der Waals surface area contributed by atoms with Crippen LogP contribution in [0.25, 0.3) is 22.3 Å². The number of hydrogen-bond donors (Lipinski definition) is 2. The molecule has 2 heterocycles. The predicted octanol–water partition coefficient (Wildman–Crippen LogP) is 2.86. The van der Waals surface area contributed by atoms with Gasteiger partial charge < -0.3 is 15.0 Å². The second-order valence-electron chi connectivity index (χ2n) is 4.58. The van der Waals surface area contributed by atoms with Gasteiger partial charge in [-0.3, -0.25) is 4.79 Å². The lowest BCUT2D eigenvalue weighted by atomic mass is 10.2. The minimum atomic E-state index is -0.391. The van der Waals surface area contributed by atoms with Crippen LogP contribution in [0.1, 0.15) is 0 Å². The summed E-state index contributed by atoms with van der Waals surface area (Å²) in [5.74, 6) is 0.0697. The molecule has 22 heavy (non-hydrogen) atoms. The smallest absolute Gasteiger partial charge is 0.325 e. The first-order valence-electron chi connectivity index (χ1n) is 6.60. The molecule has 1 aromatic carbocycles. The van der Waals surface area contributed by atoms with E-state index in [4.69, 9.17) is 11.6 Å². The van der Waals surface area contributed by atoms with Crippen molar-refractivity contribution in [3.8, 4) is 11.3 Å². The molecule has 3 aromatic rings. The minimum absolute atomic E-state index is 0.00136. The third-order valence-corrected chi connectivity index (χ3v) is 3.33. The van der Waals surface area contributed by atoms with Crippen LogP contribution < -0.4 is 5.32 Å². The highest BCUT2D eigenvalue weighted by molar-refractivity contribution is 6.28. The summed E-state index contributed by atoms with van der Waals surface area (Å²) < 4.78 is 4.60. The molecule has 2 aromatic heterocycles. The molecule has 0 bridgehead atoms. The van der Waals surface area contributed by atoms with E-state index in [-0.39, 0.29) is 11.8 Å². The Bertz CT molecular complexity index is 817. The lowest BCUT2D eigenvalue weighted by Crippen LogP contribution is -2.16. The summed E-state index contributed by atoms with van der Waals surface area (Å²) in [6.45, 7) is -0.00136. The van der Waals surface area contributed by atoms with Crippen molar-refractivity contribution >= 4 is 34.4 Å². The van der Waals surface area contributed by atoms with Gasteiger partial charge in [0.25, 0.3) is 0 Å². The number of H-pyrrole nitrogens is 1. The van der Waals surface area contributed by atoms with E-state index in [0.717, 1.165) is 11.3 Å². The summed E-state index contributed by atoms with van der Waals surface area (Å²) in [5, 5.41) is 3.01. The summed E-state index contributed by atoms with van der Waals surface area (Å²) in [5.41, 5.74) is 3.28. The number of nitrogens with zero attached hydrogens (tertiary/aromatic N) is 2. The molecule has 0 unspecified atom stereocenters. The Morgan fingerprint density at radius 1 is 1.32 bits per heavy atom. The molecule has 0 radical (unpaired) electrons. The van der Waals surface area contributed by atoms with E-state index in [1.54, 1.807) is 0 Å². The molecule has 112 valence electrons. The zero-order valence-corrected chi connectivity index (χ0v) is 12.5. The second-order valence-corrected chi connectivity index (χ2v) is 4.92. The molecule has 0 atom stereocenters. The number of carbonyl (C=O) groups excluding carboxylic acids is 1. The Kier molecular flexibility index (Phi) is 3.93. The molecule has 0 fully saturated rings. The third kappa shape index (κ3) is 2.87. The maximum absolute atomic E-state index is 11.3. The molecule has 0 saturated heterocycles. The number of hydrogen-bond acceptors (Lipinski definition) is 5. The van der Waals surface area contributed by atoms with Crippen molar-refractivity contribution in [1.29, 1.82) is 0 Å². The number of carbonyl (C=O) groups is 1. The highest BCUT2D eigenvalue weighted by Gasteiger charge is 2.12.